The molecule has 0 aliphatic carbocycles. The highest BCUT2D eigenvalue weighted by atomic mass is 35.5. The normalized spacial score (nSPS) is 10.6. The van der Waals surface area contributed by atoms with Gasteiger partial charge in [-0.25, -0.2) is 4.39 Å². The van der Waals surface area contributed by atoms with Crippen molar-refractivity contribution in [3.63, 3.8) is 0 Å². The van der Waals surface area contributed by atoms with E-state index >= 15 is 0 Å². The summed E-state index contributed by atoms with van der Waals surface area (Å²) in [6.07, 6.45) is 0. The molecule has 0 heterocycles. The van der Waals surface area contributed by atoms with Gasteiger partial charge in [-0.2, -0.15) is 0 Å². The van der Waals surface area contributed by atoms with Crippen molar-refractivity contribution in [2.75, 3.05) is 0 Å². The third kappa shape index (κ3) is 4.00. The Morgan fingerprint density at radius 1 is 1.19 bits per heavy atom. The van der Waals surface area contributed by atoms with Crippen LogP contribution in [0.15, 0.2) is 36.4 Å². The van der Waals surface area contributed by atoms with Gasteiger partial charge >= 0.3 is 0 Å². The standard InChI is InChI=1S/C15H14ClFN2O2/c1-10-2-3-12(7-15(10)19(20)21)9-18-8-11-4-5-14(17)13(16)6-11/h2-7,18H,8-9H2,1H3. The summed E-state index contributed by atoms with van der Waals surface area (Å²) in [7, 11) is 0. The molecule has 0 aliphatic rings. The molecule has 0 atom stereocenters. The highest BCUT2D eigenvalue weighted by Crippen LogP contribution is 2.19. The predicted molar refractivity (Wildman–Crippen MR) is 79.8 cm³/mol. The second-order valence-corrected chi connectivity index (χ2v) is 5.14. The molecule has 0 unspecified atom stereocenters. The van der Waals surface area contributed by atoms with Gasteiger partial charge in [0.05, 0.1) is 9.95 Å². The van der Waals surface area contributed by atoms with Crippen molar-refractivity contribution in [2.45, 2.75) is 20.0 Å². The lowest BCUT2D eigenvalue weighted by Gasteiger charge is -2.07. The zero-order valence-corrected chi connectivity index (χ0v) is 12.2. The molecule has 6 heteroatoms. The number of halogens is 2. The van der Waals surface area contributed by atoms with E-state index in [0.29, 0.717) is 18.7 Å². The van der Waals surface area contributed by atoms with Gasteiger partial charge in [0.2, 0.25) is 0 Å². The molecule has 0 aromatic heterocycles. The van der Waals surface area contributed by atoms with Crippen LogP contribution in [-0.2, 0) is 13.1 Å². The molecule has 21 heavy (non-hydrogen) atoms. The fourth-order valence-electron chi connectivity index (χ4n) is 1.96. The summed E-state index contributed by atoms with van der Waals surface area (Å²) in [6.45, 7) is 2.69. The van der Waals surface area contributed by atoms with Crippen LogP contribution in [-0.4, -0.2) is 4.92 Å². The number of hydrogen-bond donors (Lipinski definition) is 1. The third-order valence-electron chi connectivity index (χ3n) is 3.11. The van der Waals surface area contributed by atoms with Crippen LogP contribution < -0.4 is 5.32 Å². The van der Waals surface area contributed by atoms with E-state index in [1.54, 1.807) is 31.2 Å². The van der Waals surface area contributed by atoms with Crippen molar-refractivity contribution in [3.8, 4) is 0 Å². The van der Waals surface area contributed by atoms with Crippen molar-refractivity contribution in [3.05, 3.63) is 74.0 Å². The molecule has 0 saturated heterocycles. The summed E-state index contributed by atoms with van der Waals surface area (Å²) in [5.74, 6) is -0.449. The molecule has 0 amide bonds. The number of nitrogens with zero attached hydrogens (tertiary/aromatic N) is 1. The molecule has 1 N–H and O–H groups in total. The first-order valence-electron chi connectivity index (χ1n) is 6.36. The minimum atomic E-state index is -0.449. The quantitative estimate of drug-likeness (QED) is 0.671. The Balaban J connectivity index is 1.98. The van der Waals surface area contributed by atoms with Crippen molar-refractivity contribution in [1.29, 1.82) is 0 Å². The van der Waals surface area contributed by atoms with Crippen molar-refractivity contribution >= 4 is 17.3 Å². The summed E-state index contributed by atoms with van der Waals surface area (Å²) in [5, 5.41) is 14.1. The van der Waals surface area contributed by atoms with Gasteiger partial charge in [-0.15, -0.1) is 0 Å². The maximum atomic E-state index is 13.0. The molecule has 0 fully saturated rings. The van der Waals surface area contributed by atoms with Crippen LogP contribution in [0.2, 0.25) is 5.02 Å². The van der Waals surface area contributed by atoms with E-state index in [2.05, 4.69) is 5.32 Å². The van der Waals surface area contributed by atoms with E-state index in [9.17, 15) is 14.5 Å². The number of benzene rings is 2. The smallest absolute Gasteiger partial charge is 0.272 e. The molecular formula is C15H14ClFN2O2. The van der Waals surface area contributed by atoms with Gasteiger partial charge in [-0.3, -0.25) is 10.1 Å². The molecule has 0 radical (unpaired) electrons. The number of nitro benzene ring substituents is 1. The number of aryl methyl sites for hydroxylation is 1. The maximum absolute atomic E-state index is 13.0. The molecule has 110 valence electrons. The molecule has 0 bridgehead atoms. The molecule has 2 aromatic rings. The Bertz CT molecular complexity index is 677. The lowest BCUT2D eigenvalue weighted by Crippen LogP contribution is -2.13. The SMILES string of the molecule is Cc1ccc(CNCc2ccc(F)c(Cl)c2)cc1[N+](=O)[O-]. The topological polar surface area (TPSA) is 55.2 Å². The molecule has 2 aromatic carbocycles. The van der Waals surface area contributed by atoms with Crippen LogP contribution in [0.25, 0.3) is 0 Å². The Kier molecular flexibility index (Phi) is 4.88. The first-order valence-corrected chi connectivity index (χ1v) is 6.73. The van der Waals surface area contributed by atoms with E-state index < -0.39 is 10.7 Å². The van der Waals surface area contributed by atoms with E-state index in [1.807, 2.05) is 6.07 Å². The number of hydrogen-bond acceptors (Lipinski definition) is 3. The summed E-state index contributed by atoms with van der Waals surface area (Å²) in [5.41, 5.74) is 2.41. The molecular weight excluding hydrogens is 295 g/mol. The molecule has 4 nitrogen and oxygen atoms in total. The van der Waals surface area contributed by atoms with Crippen LogP contribution >= 0.6 is 11.6 Å². The van der Waals surface area contributed by atoms with Crippen molar-refractivity contribution < 1.29 is 9.31 Å². The van der Waals surface area contributed by atoms with Crippen LogP contribution in [0, 0.1) is 22.9 Å². The van der Waals surface area contributed by atoms with Gasteiger partial charge in [-0.05, 0) is 30.2 Å². The van der Waals surface area contributed by atoms with Gasteiger partial charge in [0.15, 0.2) is 0 Å². The van der Waals surface area contributed by atoms with E-state index in [4.69, 9.17) is 11.6 Å². The molecule has 2 rings (SSSR count). The van der Waals surface area contributed by atoms with Crippen molar-refractivity contribution in [1.82, 2.24) is 5.32 Å². The zero-order chi connectivity index (χ0) is 15.4. The highest BCUT2D eigenvalue weighted by Gasteiger charge is 2.10. The largest absolute Gasteiger partial charge is 0.309 e. The predicted octanol–water partition coefficient (Wildman–Crippen LogP) is 3.99. The fraction of sp³-hybridized carbons (Fsp3) is 0.200. The average molecular weight is 309 g/mol. The van der Waals surface area contributed by atoms with E-state index in [-0.39, 0.29) is 10.7 Å². The number of nitro groups is 1. The number of nitrogens with one attached hydrogen (secondary N) is 1. The van der Waals surface area contributed by atoms with E-state index in [1.165, 1.54) is 6.07 Å². The summed E-state index contributed by atoms with van der Waals surface area (Å²) >= 11 is 5.71. The maximum Gasteiger partial charge on any atom is 0.272 e. The second-order valence-electron chi connectivity index (χ2n) is 4.73. The van der Waals surface area contributed by atoms with Gasteiger partial charge < -0.3 is 5.32 Å². The number of rotatable bonds is 5. The van der Waals surface area contributed by atoms with Crippen LogP contribution in [0.1, 0.15) is 16.7 Å². The minimum Gasteiger partial charge on any atom is -0.309 e. The lowest BCUT2D eigenvalue weighted by atomic mass is 10.1. The Morgan fingerprint density at radius 2 is 1.81 bits per heavy atom. The second kappa shape index (κ2) is 6.65. The Morgan fingerprint density at radius 3 is 2.43 bits per heavy atom. The zero-order valence-electron chi connectivity index (χ0n) is 11.4. The van der Waals surface area contributed by atoms with Gasteiger partial charge in [0.1, 0.15) is 5.82 Å². The van der Waals surface area contributed by atoms with Gasteiger partial charge in [0, 0.05) is 24.7 Å². The van der Waals surface area contributed by atoms with Crippen molar-refractivity contribution in [2.24, 2.45) is 0 Å². The lowest BCUT2D eigenvalue weighted by molar-refractivity contribution is -0.385. The fourth-order valence-corrected chi connectivity index (χ4v) is 2.17. The first kappa shape index (κ1) is 15.4. The summed E-state index contributed by atoms with van der Waals surface area (Å²) in [4.78, 5) is 10.5. The molecule has 0 spiro atoms. The van der Waals surface area contributed by atoms with E-state index in [0.717, 1.165) is 11.1 Å². The molecule has 0 aliphatic heterocycles. The minimum absolute atomic E-state index is 0.0836. The Hall–Kier alpha value is -1.98. The first-order chi connectivity index (χ1) is 9.97. The Labute approximate surface area is 126 Å². The highest BCUT2D eigenvalue weighted by molar-refractivity contribution is 6.30. The van der Waals surface area contributed by atoms with Crippen LogP contribution in [0.5, 0.6) is 0 Å². The summed E-state index contributed by atoms with van der Waals surface area (Å²) in [6, 6.07) is 9.64. The average Bonchev–Trinajstić information content (AvgIpc) is 2.44. The van der Waals surface area contributed by atoms with Gasteiger partial charge in [-0.1, -0.05) is 29.8 Å². The van der Waals surface area contributed by atoms with Crippen LogP contribution in [0.4, 0.5) is 10.1 Å². The third-order valence-corrected chi connectivity index (χ3v) is 3.40. The molecule has 0 saturated carbocycles. The van der Waals surface area contributed by atoms with Gasteiger partial charge in [0.25, 0.3) is 5.69 Å². The monoisotopic (exact) mass is 308 g/mol. The summed E-state index contributed by atoms with van der Waals surface area (Å²) < 4.78 is 13.0. The van der Waals surface area contributed by atoms with Crippen LogP contribution in [0.3, 0.4) is 0 Å².